The quantitative estimate of drug-likeness (QED) is 0.746. The van der Waals surface area contributed by atoms with Gasteiger partial charge in [0.1, 0.15) is 0 Å². The molecule has 0 saturated carbocycles. The zero-order valence-corrected chi connectivity index (χ0v) is 12.7. The first-order chi connectivity index (χ1) is 11.3. The minimum atomic E-state index is -4.87. The van der Waals surface area contributed by atoms with E-state index in [4.69, 9.17) is 0 Å². The van der Waals surface area contributed by atoms with Gasteiger partial charge in [-0.1, -0.05) is 18.2 Å². The highest BCUT2D eigenvalue weighted by atomic mass is 19.4. The van der Waals surface area contributed by atoms with E-state index >= 15 is 0 Å². The van der Waals surface area contributed by atoms with Crippen LogP contribution in [0.3, 0.4) is 0 Å². The number of alkyl halides is 3. The number of anilines is 1. The molecule has 2 heterocycles. The number of carbonyl (C=O) groups is 1. The molecule has 1 amide bonds. The molecule has 1 aromatic carbocycles. The number of rotatable bonds is 3. The number of carbonyl (C=O) groups excluding carboxylic acids is 1. The van der Waals surface area contributed by atoms with Crippen molar-refractivity contribution in [2.24, 2.45) is 0 Å². The first-order valence-electron chi connectivity index (χ1n) is 7.17. The molecule has 0 spiro atoms. The normalized spacial score (nSPS) is 20.5. The predicted octanol–water partition coefficient (Wildman–Crippen LogP) is 0.137. The summed E-state index contributed by atoms with van der Waals surface area (Å²) >= 11 is 0. The Kier molecular flexibility index (Phi) is 3.75. The molecule has 2 aromatic rings. The van der Waals surface area contributed by atoms with Gasteiger partial charge in [-0.3, -0.25) is 0 Å². The van der Waals surface area contributed by atoms with Gasteiger partial charge < -0.3 is 0 Å². The average Bonchev–Trinajstić information content (AvgIpc) is 2.86. The van der Waals surface area contributed by atoms with Crippen molar-refractivity contribution in [3.8, 4) is 0 Å². The van der Waals surface area contributed by atoms with Gasteiger partial charge in [-0.05, 0) is 30.7 Å². The maximum absolute atomic E-state index is 13.7. The molecule has 0 radical (unpaired) electrons. The zero-order chi connectivity index (χ0) is 17.4. The Hall–Kier alpha value is -2.90. The summed E-state index contributed by atoms with van der Waals surface area (Å²) in [5.41, 5.74) is -1.76. The molecular weight excluding hydrogens is 321 g/mol. The first kappa shape index (κ1) is 16.0. The van der Waals surface area contributed by atoms with Crippen molar-refractivity contribution in [1.82, 2.24) is 5.32 Å². The van der Waals surface area contributed by atoms with Crippen LogP contribution in [-0.2, 0) is 4.79 Å². The zero-order valence-electron chi connectivity index (χ0n) is 12.7. The highest BCUT2D eigenvalue weighted by Gasteiger charge is 2.73. The van der Waals surface area contributed by atoms with Crippen molar-refractivity contribution in [2.45, 2.75) is 18.8 Å². The molecule has 8 heteroatoms. The number of nitrogens with one attached hydrogen (secondary N) is 4. The van der Waals surface area contributed by atoms with Crippen molar-refractivity contribution in [3.05, 3.63) is 59.8 Å². The van der Waals surface area contributed by atoms with Crippen LogP contribution in [0.15, 0.2) is 48.7 Å². The number of halogens is 3. The molecule has 1 aromatic heterocycles. The number of pyridine rings is 1. The van der Waals surface area contributed by atoms with Crippen molar-refractivity contribution in [1.29, 1.82) is 0 Å². The van der Waals surface area contributed by atoms with Gasteiger partial charge in [-0.25, -0.2) is 25.4 Å². The molecule has 0 unspecified atom stereocenters. The van der Waals surface area contributed by atoms with Gasteiger partial charge in [-0.2, -0.15) is 13.2 Å². The van der Waals surface area contributed by atoms with Crippen LogP contribution in [0.1, 0.15) is 11.1 Å². The van der Waals surface area contributed by atoms with E-state index in [9.17, 15) is 18.0 Å². The lowest BCUT2D eigenvalue weighted by atomic mass is 10.1. The second-order valence-corrected chi connectivity index (χ2v) is 5.47. The first-order valence-corrected chi connectivity index (χ1v) is 7.17. The van der Waals surface area contributed by atoms with Gasteiger partial charge in [0.25, 0.3) is 11.7 Å². The standard InChI is InChI=1S/C16H13F3N4O/c1-10-7-8-20-12(9-10)22-15(16(17,18)19)14(24)21-13(23-15)11-5-3-2-4-6-11/h2-9H,1H3,(H,20,22)(H,21,23,24)/p+2/t15-/m1/s1. The second-order valence-electron chi connectivity index (χ2n) is 5.47. The van der Waals surface area contributed by atoms with Crippen LogP contribution in [0.4, 0.5) is 19.0 Å². The lowest BCUT2D eigenvalue weighted by molar-refractivity contribution is -0.568. The van der Waals surface area contributed by atoms with E-state index < -0.39 is 17.7 Å². The fraction of sp³-hybridized carbons (Fsp3) is 0.188. The number of benzene rings is 1. The van der Waals surface area contributed by atoms with Crippen molar-refractivity contribution >= 4 is 17.6 Å². The van der Waals surface area contributed by atoms with E-state index in [1.165, 1.54) is 12.3 Å². The third-order valence-electron chi connectivity index (χ3n) is 3.66. The van der Waals surface area contributed by atoms with Gasteiger partial charge in [0.15, 0.2) is 0 Å². The Bertz CT molecular complexity index is 804. The maximum atomic E-state index is 13.7. The lowest BCUT2D eigenvalue weighted by Gasteiger charge is -2.19. The Morgan fingerprint density at radius 1 is 1.17 bits per heavy atom. The van der Waals surface area contributed by atoms with Crippen LogP contribution in [0.25, 0.3) is 0 Å². The number of hydrogen-bond acceptors (Lipinski definition) is 2. The van der Waals surface area contributed by atoms with Gasteiger partial charge in [0, 0.05) is 6.07 Å². The highest BCUT2D eigenvalue weighted by molar-refractivity contribution is 6.11. The third kappa shape index (κ3) is 2.70. The van der Waals surface area contributed by atoms with Crippen LogP contribution < -0.4 is 20.6 Å². The van der Waals surface area contributed by atoms with E-state index in [0.717, 1.165) is 5.56 Å². The van der Waals surface area contributed by atoms with Gasteiger partial charge in [-0.15, -0.1) is 0 Å². The number of amides is 1. The summed E-state index contributed by atoms with van der Waals surface area (Å²) in [4.78, 5) is 17.2. The number of hydrogen-bond donors (Lipinski definition) is 3. The summed E-state index contributed by atoms with van der Waals surface area (Å²) in [6.07, 6.45) is -3.37. The van der Waals surface area contributed by atoms with E-state index in [-0.39, 0.29) is 11.7 Å². The molecule has 3 rings (SSSR count). The van der Waals surface area contributed by atoms with Crippen LogP contribution in [0.5, 0.6) is 0 Å². The van der Waals surface area contributed by atoms with Crippen LogP contribution in [0, 0.1) is 6.92 Å². The van der Waals surface area contributed by atoms with Gasteiger partial charge in [0.05, 0.1) is 11.8 Å². The van der Waals surface area contributed by atoms with Crippen LogP contribution in [0.2, 0.25) is 0 Å². The number of aromatic nitrogens is 1. The molecule has 24 heavy (non-hydrogen) atoms. The molecule has 0 bridgehead atoms. The summed E-state index contributed by atoms with van der Waals surface area (Å²) in [7, 11) is 0. The SMILES string of the molecule is Cc1cc[nH+]c(N[C@@]2(C(F)(F)F)[NH+]=C(c3ccccc3)NC2=O)c1. The monoisotopic (exact) mass is 336 g/mol. The summed E-state index contributed by atoms with van der Waals surface area (Å²) in [6, 6.07) is 11.5. The molecule has 5 nitrogen and oxygen atoms in total. The fourth-order valence-electron chi connectivity index (χ4n) is 2.44. The number of amidine groups is 1. The van der Waals surface area contributed by atoms with E-state index in [0.29, 0.717) is 5.56 Å². The Balaban J connectivity index is 2.06. The molecule has 124 valence electrons. The van der Waals surface area contributed by atoms with Crippen LogP contribution in [-0.4, -0.2) is 23.6 Å². The maximum Gasteiger partial charge on any atom is 0.488 e. The summed E-state index contributed by atoms with van der Waals surface area (Å²) in [5, 5.41) is 4.53. The minimum absolute atomic E-state index is 0.00178. The van der Waals surface area contributed by atoms with Gasteiger partial charge >= 0.3 is 17.7 Å². The Labute approximate surface area is 135 Å². The number of aryl methyl sites for hydroxylation is 1. The molecule has 4 N–H and O–H groups in total. The number of H-pyrrole nitrogens is 1. The average molecular weight is 336 g/mol. The Morgan fingerprint density at radius 2 is 1.88 bits per heavy atom. The van der Waals surface area contributed by atoms with Gasteiger partial charge in [0.2, 0.25) is 0 Å². The van der Waals surface area contributed by atoms with Crippen LogP contribution >= 0.6 is 0 Å². The van der Waals surface area contributed by atoms with E-state index in [1.807, 2.05) is 0 Å². The fourth-order valence-corrected chi connectivity index (χ4v) is 2.44. The lowest BCUT2D eigenvalue weighted by Crippen LogP contribution is -2.94. The molecule has 1 aliphatic heterocycles. The molecule has 0 saturated heterocycles. The topological polar surface area (TPSA) is 69.2 Å². The summed E-state index contributed by atoms with van der Waals surface area (Å²) in [6.45, 7) is 1.74. The third-order valence-corrected chi connectivity index (χ3v) is 3.66. The molecule has 0 aliphatic carbocycles. The van der Waals surface area contributed by atoms with Crippen molar-refractivity contribution in [3.63, 3.8) is 0 Å². The molecule has 0 fully saturated rings. The minimum Gasteiger partial charge on any atom is -0.248 e. The second kappa shape index (κ2) is 5.63. The predicted molar refractivity (Wildman–Crippen MR) is 79.8 cm³/mol. The smallest absolute Gasteiger partial charge is 0.248 e. The largest absolute Gasteiger partial charge is 0.488 e. The summed E-state index contributed by atoms with van der Waals surface area (Å²) in [5.74, 6) is -1.15. The Morgan fingerprint density at radius 3 is 2.50 bits per heavy atom. The number of aromatic amines is 1. The summed E-state index contributed by atoms with van der Waals surface area (Å²) < 4.78 is 41.2. The molecular formula is C16H15F3N4O+2. The van der Waals surface area contributed by atoms with E-state index in [2.05, 4.69) is 20.6 Å². The van der Waals surface area contributed by atoms with Crippen molar-refractivity contribution < 1.29 is 27.9 Å². The van der Waals surface area contributed by atoms with Crippen molar-refractivity contribution in [2.75, 3.05) is 5.32 Å². The highest BCUT2D eigenvalue weighted by Crippen LogP contribution is 2.29. The van der Waals surface area contributed by atoms with E-state index in [1.54, 1.807) is 43.3 Å². The molecule has 1 aliphatic rings. The molecule has 1 atom stereocenters.